The highest BCUT2D eigenvalue weighted by molar-refractivity contribution is 6.19. The molecule has 3 heteroatoms. The van der Waals surface area contributed by atoms with E-state index >= 15 is 0 Å². The summed E-state index contributed by atoms with van der Waals surface area (Å²) in [7, 11) is 0. The van der Waals surface area contributed by atoms with E-state index in [2.05, 4.69) is 163 Å². The largest absolute Gasteiger partial charge is 0.456 e. The second kappa shape index (κ2) is 10.8. The van der Waals surface area contributed by atoms with Crippen LogP contribution in [0.15, 0.2) is 185 Å². The van der Waals surface area contributed by atoms with Crippen LogP contribution in [0, 0.1) is 0 Å². The summed E-state index contributed by atoms with van der Waals surface area (Å²) in [4.78, 5) is 2.37. The predicted octanol–water partition coefficient (Wildman–Crippen LogP) is 14.1. The fourth-order valence-corrected chi connectivity index (χ4v) is 8.08. The summed E-state index contributed by atoms with van der Waals surface area (Å²) >= 11 is 0. The molecule has 0 saturated heterocycles. The maximum Gasteiger partial charge on any atom is 0.145 e. The minimum Gasteiger partial charge on any atom is -0.456 e. The third-order valence-corrected chi connectivity index (χ3v) is 10.4. The predicted molar refractivity (Wildman–Crippen MR) is 214 cm³/mol. The Morgan fingerprint density at radius 1 is 0.333 bits per heavy atom. The average Bonchev–Trinajstić information content (AvgIpc) is 3.77. The van der Waals surface area contributed by atoms with Gasteiger partial charge in [-0.25, -0.2) is 0 Å². The van der Waals surface area contributed by atoms with E-state index in [0.29, 0.717) is 0 Å². The fourth-order valence-electron chi connectivity index (χ4n) is 8.08. The molecule has 0 aliphatic carbocycles. The fraction of sp³-hybridized carbons (Fsp3) is 0. The van der Waals surface area contributed by atoms with Crippen molar-refractivity contribution in [3.63, 3.8) is 0 Å². The molecule has 0 spiro atoms. The molecule has 2 aromatic heterocycles. The third-order valence-electron chi connectivity index (χ3n) is 10.4. The van der Waals surface area contributed by atoms with E-state index in [0.717, 1.165) is 72.1 Å². The standard InChI is InChI=1S/C48H29NO2/c1-3-13-35-30(10-1)12-9-17-37(35)40-26-27-43(47-41-16-6-8-19-45(41)51-48(40)47)49(34-24-25-39-38-15-5-7-18-44(38)50-46(39)29-34)33-23-22-32-21-20-31-11-2-4-14-36(31)42(32)28-33/h1-29H. The van der Waals surface area contributed by atoms with Gasteiger partial charge in [-0.3, -0.25) is 0 Å². The number of hydrogen-bond acceptors (Lipinski definition) is 3. The van der Waals surface area contributed by atoms with Crippen LogP contribution in [-0.4, -0.2) is 0 Å². The summed E-state index contributed by atoms with van der Waals surface area (Å²) < 4.78 is 13.3. The van der Waals surface area contributed by atoms with Crippen LogP contribution >= 0.6 is 0 Å². The first-order chi connectivity index (χ1) is 25.3. The van der Waals surface area contributed by atoms with Crippen molar-refractivity contribution in [3.05, 3.63) is 176 Å². The summed E-state index contributed by atoms with van der Waals surface area (Å²) in [5.74, 6) is 0. The number of rotatable bonds is 4. The molecule has 0 saturated carbocycles. The van der Waals surface area contributed by atoms with Crippen LogP contribution < -0.4 is 4.90 Å². The van der Waals surface area contributed by atoms with Gasteiger partial charge >= 0.3 is 0 Å². The molecule has 3 nitrogen and oxygen atoms in total. The molecule has 0 amide bonds. The number of furan rings is 2. The van der Waals surface area contributed by atoms with Crippen LogP contribution in [0.2, 0.25) is 0 Å². The summed E-state index contributed by atoms with van der Waals surface area (Å²) in [6.45, 7) is 0. The lowest BCUT2D eigenvalue weighted by molar-refractivity contribution is 0.669. The number of hydrogen-bond donors (Lipinski definition) is 0. The van der Waals surface area contributed by atoms with Gasteiger partial charge in [-0.2, -0.15) is 0 Å². The van der Waals surface area contributed by atoms with E-state index < -0.39 is 0 Å². The zero-order valence-electron chi connectivity index (χ0n) is 27.5. The second-order valence-electron chi connectivity index (χ2n) is 13.3. The summed E-state index contributed by atoms with van der Waals surface area (Å²) in [6.07, 6.45) is 0. The maximum absolute atomic E-state index is 6.84. The first kappa shape index (κ1) is 28.0. The van der Waals surface area contributed by atoms with Crippen molar-refractivity contribution in [3.8, 4) is 11.1 Å². The van der Waals surface area contributed by atoms with Gasteiger partial charge < -0.3 is 13.7 Å². The smallest absolute Gasteiger partial charge is 0.145 e. The van der Waals surface area contributed by atoms with Crippen molar-refractivity contribution in [2.75, 3.05) is 4.90 Å². The molecule has 11 rings (SSSR count). The van der Waals surface area contributed by atoms with E-state index in [9.17, 15) is 0 Å². The van der Waals surface area contributed by atoms with Crippen LogP contribution in [0.4, 0.5) is 17.1 Å². The van der Waals surface area contributed by atoms with Crippen LogP contribution in [0.1, 0.15) is 0 Å². The topological polar surface area (TPSA) is 29.5 Å². The summed E-state index contributed by atoms with van der Waals surface area (Å²) in [5.41, 5.74) is 8.78. The minimum absolute atomic E-state index is 0.852. The lowest BCUT2D eigenvalue weighted by Gasteiger charge is -2.27. The zero-order valence-corrected chi connectivity index (χ0v) is 27.5. The molecule has 0 N–H and O–H groups in total. The number of benzene rings is 9. The first-order valence-corrected chi connectivity index (χ1v) is 17.3. The van der Waals surface area contributed by atoms with E-state index in [1.807, 2.05) is 18.2 Å². The Morgan fingerprint density at radius 2 is 0.922 bits per heavy atom. The van der Waals surface area contributed by atoms with Gasteiger partial charge in [0.05, 0.1) is 11.1 Å². The molecule has 0 bridgehead atoms. The van der Waals surface area contributed by atoms with Gasteiger partial charge in [0, 0.05) is 39.2 Å². The summed E-state index contributed by atoms with van der Waals surface area (Å²) in [5, 5.41) is 11.6. The van der Waals surface area contributed by atoms with Gasteiger partial charge in [-0.1, -0.05) is 121 Å². The molecule has 11 aromatic rings. The molecule has 0 radical (unpaired) electrons. The van der Waals surface area contributed by atoms with Gasteiger partial charge in [0.25, 0.3) is 0 Å². The van der Waals surface area contributed by atoms with E-state index in [1.165, 1.54) is 32.3 Å². The highest BCUT2D eigenvalue weighted by Crippen LogP contribution is 2.48. The quantitative estimate of drug-likeness (QED) is 0.177. The van der Waals surface area contributed by atoms with Crippen molar-refractivity contribution in [2.45, 2.75) is 0 Å². The molecule has 2 heterocycles. The van der Waals surface area contributed by atoms with Gasteiger partial charge in [-0.15, -0.1) is 0 Å². The normalized spacial score (nSPS) is 11.9. The number of nitrogens with zero attached hydrogens (tertiary/aromatic N) is 1. The van der Waals surface area contributed by atoms with Crippen LogP contribution in [0.3, 0.4) is 0 Å². The Balaban J connectivity index is 1.23. The van der Waals surface area contributed by atoms with E-state index in [4.69, 9.17) is 8.83 Å². The van der Waals surface area contributed by atoms with Crippen molar-refractivity contribution in [1.29, 1.82) is 0 Å². The third kappa shape index (κ3) is 4.25. The molecule has 0 aliphatic rings. The molecular formula is C48H29NO2. The highest BCUT2D eigenvalue weighted by Gasteiger charge is 2.24. The van der Waals surface area contributed by atoms with Crippen LogP contribution in [0.25, 0.3) is 87.3 Å². The van der Waals surface area contributed by atoms with Crippen molar-refractivity contribution in [1.82, 2.24) is 0 Å². The number of anilines is 3. The SMILES string of the molecule is c1ccc2c(-c3ccc(N(c4ccc5c(c4)oc4ccccc45)c4ccc5ccc6ccccc6c5c4)c4c3oc3ccccc34)cccc2c1. The molecule has 51 heavy (non-hydrogen) atoms. The lowest BCUT2D eigenvalue weighted by atomic mass is 9.95. The Morgan fingerprint density at radius 3 is 1.76 bits per heavy atom. The van der Waals surface area contributed by atoms with Gasteiger partial charge in [-0.05, 0) is 86.4 Å². The van der Waals surface area contributed by atoms with Crippen molar-refractivity contribution in [2.24, 2.45) is 0 Å². The Bertz CT molecular complexity index is 3160. The molecule has 238 valence electrons. The van der Waals surface area contributed by atoms with Crippen molar-refractivity contribution < 1.29 is 8.83 Å². The molecule has 9 aromatic carbocycles. The first-order valence-electron chi connectivity index (χ1n) is 17.3. The highest BCUT2D eigenvalue weighted by atomic mass is 16.3. The number of para-hydroxylation sites is 2. The summed E-state index contributed by atoms with van der Waals surface area (Å²) in [6, 6.07) is 62.6. The maximum atomic E-state index is 6.84. The molecule has 0 aliphatic heterocycles. The molecular weight excluding hydrogens is 623 g/mol. The average molecular weight is 652 g/mol. The number of fused-ring (bicyclic) bond motifs is 10. The lowest BCUT2D eigenvalue weighted by Crippen LogP contribution is -2.10. The second-order valence-corrected chi connectivity index (χ2v) is 13.3. The molecule has 0 atom stereocenters. The Kier molecular flexibility index (Phi) is 5.96. The van der Waals surface area contributed by atoms with Gasteiger partial charge in [0.15, 0.2) is 0 Å². The Labute approximate surface area is 293 Å². The van der Waals surface area contributed by atoms with E-state index in [1.54, 1.807) is 0 Å². The zero-order chi connectivity index (χ0) is 33.5. The van der Waals surface area contributed by atoms with Gasteiger partial charge in [0.1, 0.15) is 22.3 Å². The van der Waals surface area contributed by atoms with Crippen molar-refractivity contribution >= 4 is 93.3 Å². The monoisotopic (exact) mass is 651 g/mol. The van der Waals surface area contributed by atoms with Crippen LogP contribution in [0.5, 0.6) is 0 Å². The van der Waals surface area contributed by atoms with E-state index in [-0.39, 0.29) is 0 Å². The van der Waals surface area contributed by atoms with Gasteiger partial charge in [0.2, 0.25) is 0 Å². The molecule has 0 fully saturated rings. The van der Waals surface area contributed by atoms with Crippen LogP contribution in [-0.2, 0) is 0 Å². The minimum atomic E-state index is 0.852. The Hall–Kier alpha value is -6.84. The molecule has 0 unspecified atom stereocenters.